The number of allylic oxidation sites excluding steroid dienone is 1. The van der Waals surface area contributed by atoms with Gasteiger partial charge in [-0.25, -0.2) is 9.97 Å². The highest BCUT2D eigenvalue weighted by atomic mass is 16.5. The van der Waals surface area contributed by atoms with Gasteiger partial charge in [0.1, 0.15) is 5.75 Å². The molecule has 1 heterocycles. The molecule has 0 aliphatic rings. The summed E-state index contributed by atoms with van der Waals surface area (Å²) in [5.74, 6) is 1.63. The molecule has 0 aliphatic carbocycles. The van der Waals surface area contributed by atoms with Gasteiger partial charge >= 0.3 is 0 Å². The predicted octanol–water partition coefficient (Wildman–Crippen LogP) is 9.86. The van der Waals surface area contributed by atoms with Crippen molar-refractivity contribution < 1.29 is 4.74 Å². The van der Waals surface area contributed by atoms with Crippen molar-refractivity contribution in [2.45, 2.75) is 123 Å². The number of aryl methyl sites for hydroxylation is 1. The van der Waals surface area contributed by atoms with Crippen LogP contribution in [0.1, 0.15) is 122 Å². The summed E-state index contributed by atoms with van der Waals surface area (Å²) in [7, 11) is 0. The van der Waals surface area contributed by atoms with Crippen LogP contribution in [0.4, 0.5) is 0 Å². The third-order valence-corrected chi connectivity index (χ3v) is 6.41. The van der Waals surface area contributed by atoms with E-state index in [9.17, 15) is 0 Å². The predicted molar refractivity (Wildman–Crippen MR) is 146 cm³/mol. The molecule has 0 amide bonds. The van der Waals surface area contributed by atoms with Crippen molar-refractivity contribution in [3.05, 3.63) is 54.6 Å². The van der Waals surface area contributed by atoms with Gasteiger partial charge in [0, 0.05) is 18.0 Å². The molecule has 0 saturated heterocycles. The first-order valence-electron chi connectivity index (χ1n) is 14.1. The van der Waals surface area contributed by atoms with E-state index in [0.29, 0.717) is 0 Å². The van der Waals surface area contributed by atoms with Crippen molar-refractivity contribution in [3.63, 3.8) is 0 Å². The molecule has 34 heavy (non-hydrogen) atoms. The minimum absolute atomic E-state index is 0.778. The van der Waals surface area contributed by atoms with Gasteiger partial charge in [0.25, 0.3) is 0 Å². The summed E-state index contributed by atoms with van der Waals surface area (Å²) in [4.78, 5) is 9.17. The summed E-state index contributed by atoms with van der Waals surface area (Å²) in [6, 6.07) is 8.05. The van der Waals surface area contributed by atoms with Gasteiger partial charge in [-0.05, 0) is 61.6 Å². The molecule has 2 aromatic rings. The van der Waals surface area contributed by atoms with Crippen LogP contribution in [0.25, 0.3) is 11.4 Å². The molecule has 2 rings (SSSR count). The summed E-state index contributed by atoms with van der Waals surface area (Å²) < 4.78 is 5.75. The Morgan fingerprint density at radius 1 is 0.647 bits per heavy atom. The van der Waals surface area contributed by atoms with Crippen LogP contribution in [0.2, 0.25) is 0 Å². The van der Waals surface area contributed by atoms with Gasteiger partial charge in [0.05, 0.1) is 6.26 Å². The van der Waals surface area contributed by atoms with Crippen molar-refractivity contribution in [3.8, 4) is 17.1 Å². The van der Waals surface area contributed by atoms with Crippen LogP contribution in [0, 0.1) is 0 Å². The summed E-state index contributed by atoms with van der Waals surface area (Å²) in [6.45, 7) is 4.54. The lowest BCUT2D eigenvalue weighted by molar-refractivity contribution is 0.477. The molecule has 0 atom stereocenters. The topological polar surface area (TPSA) is 35.0 Å². The second-order valence-corrected chi connectivity index (χ2v) is 9.56. The molecular formula is C31H48N2O. The average Bonchev–Trinajstić information content (AvgIpc) is 2.87. The second-order valence-electron chi connectivity index (χ2n) is 9.56. The number of benzene rings is 1. The Balaban J connectivity index is 1.60. The Bertz CT molecular complexity index is 752. The molecule has 0 aliphatic heterocycles. The molecule has 1 aromatic heterocycles. The van der Waals surface area contributed by atoms with E-state index in [4.69, 9.17) is 4.74 Å². The zero-order valence-corrected chi connectivity index (χ0v) is 21.9. The zero-order valence-electron chi connectivity index (χ0n) is 21.9. The van der Waals surface area contributed by atoms with Crippen LogP contribution < -0.4 is 4.74 Å². The maximum absolute atomic E-state index is 5.75. The lowest BCUT2D eigenvalue weighted by Crippen LogP contribution is -1.93. The zero-order chi connectivity index (χ0) is 24.1. The van der Waals surface area contributed by atoms with E-state index in [-0.39, 0.29) is 0 Å². The number of hydrogen-bond acceptors (Lipinski definition) is 3. The summed E-state index contributed by atoms with van der Waals surface area (Å²) >= 11 is 0. The Labute approximate surface area is 209 Å². The Morgan fingerprint density at radius 2 is 1.18 bits per heavy atom. The number of ether oxygens (including phenoxy) is 1. The van der Waals surface area contributed by atoms with Crippen molar-refractivity contribution in [1.29, 1.82) is 0 Å². The van der Waals surface area contributed by atoms with E-state index in [2.05, 4.69) is 29.9 Å². The molecule has 0 bridgehead atoms. The fourth-order valence-electron chi connectivity index (χ4n) is 4.19. The third kappa shape index (κ3) is 12.9. The van der Waals surface area contributed by atoms with E-state index >= 15 is 0 Å². The standard InChI is InChI=1S/C31H48N2O/c1-3-5-7-9-11-12-13-15-17-19-25-34-30-23-21-29(22-24-30)31-32-26-28(27-33-31)20-18-16-14-10-8-6-4-2/h19,21-27H,3-18,20H2,1-2H3. The van der Waals surface area contributed by atoms with Crippen molar-refractivity contribution in [2.75, 3.05) is 0 Å². The quantitative estimate of drug-likeness (QED) is 0.144. The van der Waals surface area contributed by atoms with Crippen LogP contribution in [-0.2, 0) is 6.42 Å². The fourth-order valence-corrected chi connectivity index (χ4v) is 4.19. The van der Waals surface area contributed by atoms with Crippen LogP contribution >= 0.6 is 0 Å². The van der Waals surface area contributed by atoms with Gasteiger partial charge in [0.2, 0.25) is 0 Å². The fraction of sp³-hybridized carbons (Fsp3) is 0.613. The van der Waals surface area contributed by atoms with Gasteiger partial charge in [-0.1, -0.05) is 97.3 Å². The normalized spacial score (nSPS) is 11.4. The number of rotatable bonds is 20. The van der Waals surface area contributed by atoms with Crippen molar-refractivity contribution >= 4 is 0 Å². The summed E-state index contributed by atoms with van der Waals surface area (Å²) in [5, 5.41) is 0. The number of hydrogen-bond donors (Lipinski definition) is 0. The highest BCUT2D eigenvalue weighted by Gasteiger charge is 2.03. The van der Waals surface area contributed by atoms with Gasteiger partial charge in [-0.15, -0.1) is 0 Å². The lowest BCUT2D eigenvalue weighted by atomic mass is 10.1. The second kappa shape index (κ2) is 19.2. The Kier molecular flexibility index (Phi) is 15.8. The van der Waals surface area contributed by atoms with Gasteiger partial charge < -0.3 is 4.74 Å². The first kappa shape index (κ1) is 28.1. The first-order chi connectivity index (χ1) is 16.8. The van der Waals surface area contributed by atoms with E-state index in [1.807, 2.05) is 42.9 Å². The van der Waals surface area contributed by atoms with Crippen LogP contribution in [0.15, 0.2) is 49.0 Å². The van der Waals surface area contributed by atoms with Gasteiger partial charge in [-0.2, -0.15) is 0 Å². The molecule has 0 saturated carbocycles. The highest BCUT2D eigenvalue weighted by Crippen LogP contribution is 2.20. The molecule has 0 unspecified atom stereocenters. The molecule has 0 spiro atoms. The molecule has 1 aromatic carbocycles. The monoisotopic (exact) mass is 464 g/mol. The Morgan fingerprint density at radius 3 is 1.76 bits per heavy atom. The third-order valence-electron chi connectivity index (χ3n) is 6.41. The van der Waals surface area contributed by atoms with Crippen molar-refractivity contribution in [1.82, 2.24) is 9.97 Å². The molecule has 3 nitrogen and oxygen atoms in total. The van der Waals surface area contributed by atoms with E-state index in [0.717, 1.165) is 30.0 Å². The van der Waals surface area contributed by atoms with Crippen LogP contribution in [-0.4, -0.2) is 9.97 Å². The maximum atomic E-state index is 5.75. The van der Waals surface area contributed by atoms with Gasteiger partial charge in [-0.3, -0.25) is 0 Å². The van der Waals surface area contributed by atoms with Gasteiger partial charge in [0.15, 0.2) is 5.82 Å². The molecule has 0 N–H and O–H groups in total. The van der Waals surface area contributed by atoms with Crippen LogP contribution in [0.5, 0.6) is 5.75 Å². The minimum Gasteiger partial charge on any atom is -0.465 e. The number of aromatic nitrogens is 2. The molecule has 0 fully saturated rings. The molecule has 3 heteroatoms. The summed E-state index contributed by atoms with van der Waals surface area (Å²) in [5.41, 5.74) is 2.26. The SMILES string of the molecule is CCCCCCCCCCC=COc1ccc(-c2ncc(CCCCCCCCC)cn2)cc1. The largest absolute Gasteiger partial charge is 0.465 e. The maximum Gasteiger partial charge on any atom is 0.159 e. The number of nitrogens with zero attached hydrogens (tertiary/aromatic N) is 2. The first-order valence-corrected chi connectivity index (χ1v) is 14.1. The lowest BCUT2D eigenvalue weighted by Gasteiger charge is -2.05. The highest BCUT2D eigenvalue weighted by molar-refractivity contribution is 5.55. The molecule has 188 valence electrons. The van der Waals surface area contributed by atoms with Crippen molar-refractivity contribution in [2.24, 2.45) is 0 Å². The smallest absolute Gasteiger partial charge is 0.159 e. The Hall–Kier alpha value is -2.16. The van der Waals surface area contributed by atoms with E-state index < -0.39 is 0 Å². The molecule has 0 radical (unpaired) electrons. The van der Waals surface area contributed by atoms with E-state index in [1.165, 1.54) is 102 Å². The average molecular weight is 465 g/mol. The van der Waals surface area contributed by atoms with E-state index in [1.54, 1.807) is 0 Å². The van der Waals surface area contributed by atoms with Crippen LogP contribution in [0.3, 0.4) is 0 Å². The minimum atomic E-state index is 0.778. The number of unbranched alkanes of at least 4 members (excludes halogenated alkanes) is 14. The summed E-state index contributed by atoms with van der Waals surface area (Å²) in [6.07, 6.45) is 30.3. The molecular weight excluding hydrogens is 416 g/mol.